The van der Waals surface area contributed by atoms with Gasteiger partial charge in [0.2, 0.25) is 0 Å². The third-order valence-corrected chi connectivity index (χ3v) is 2.93. The molecule has 0 fully saturated rings. The van der Waals surface area contributed by atoms with Crippen LogP contribution in [0.4, 0.5) is 0 Å². The Hall–Kier alpha value is -0.340. The molecule has 0 aliphatic carbocycles. The van der Waals surface area contributed by atoms with Crippen LogP contribution in [0.5, 0.6) is 0 Å². The summed E-state index contributed by atoms with van der Waals surface area (Å²) in [7, 11) is 0. The van der Waals surface area contributed by atoms with E-state index in [0.717, 1.165) is 32.5 Å². The minimum atomic E-state index is -0.144. The molecule has 1 aliphatic rings. The molecule has 1 atom stereocenters. The number of hydrogen-bond donors (Lipinski definition) is 1. The Bertz CT molecular complexity index is 155. The first-order chi connectivity index (χ1) is 6.27. The van der Waals surface area contributed by atoms with E-state index in [1.54, 1.807) is 0 Å². The lowest BCUT2D eigenvalue weighted by Crippen LogP contribution is -2.34. The Morgan fingerprint density at radius 3 is 2.23 bits per heavy atom. The molecule has 2 nitrogen and oxygen atoms in total. The first-order valence-corrected chi connectivity index (χ1v) is 5.33. The minimum absolute atomic E-state index is 0.144. The molecule has 0 aromatic rings. The van der Waals surface area contributed by atoms with Crippen LogP contribution in [0.15, 0.2) is 12.2 Å². The Balaban J connectivity index is 2.26. The predicted octanol–water partition coefficient (Wildman–Crippen LogP) is 1.66. The van der Waals surface area contributed by atoms with E-state index >= 15 is 0 Å². The van der Waals surface area contributed by atoms with Crippen LogP contribution in [-0.2, 0) is 0 Å². The molecule has 1 unspecified atom stereocenters. The van der Waals surface area contributed by atoms with Crippen LogP contribution < -0.4 is 0 Å². The molecule has 1 rings (SSSR count). The van der Waals surface area contributed by atoms with E-state index < -0.39 is 0 Å². The second kappa shape index (κ2) is 5.40. The van der Waals surface area contributed by atoms with Crippen LogP contribution in [0.2, 0.25) is 0 Å². The van der Waals surface area contributed by atoms with E-state index in [1.165, 1.54) is 0 Å². The third-order valence-electron chi connectivity index (χ3n) is 2.93. The summed E-state index contributed by atoms with van der Waals surface area (Å²) in [5.74, 6) is 0.473. The lowest BCUT2D eigenvalue weighted by Gasteiger charge is -2.25. The Labute approximate surface area is 81.2 Å². The highest BCUT2D eigenvalue weighted by Crippen LogP contribution is 2.14. The summed E-state index contributed by atoms with van der Waals surface area (Å²) in [5, 5.41) is 9.90. The maximum atomic E-state index is 9.90. The van der Waals surface area contributed by atoms with E-state index in [9.17, 15) is 5.11 Å². The van der Waals surface area contributed by atoms with Gasteiger partial charge in [-0.1, -0.05) is 38.8 Å². The number of nitrogens with zero attached hydrogens (tertiary/aromatic N) is 1. The number of hydrogen-bond acceptors (Lipinski definition) is 2. The van der Waals surface area contributed by atoms with Gasteiger partial charge < -0.3 is 5.11 Å². The highest BCUT2D eigenvalue weighted by Gasteiger charge is 2.18. The highest BCUT2D eigenvalue weighted by atomic mass is 16.3. The van der Waals surface area contributed by atoms with E-state index in [0.29, 0.717) is 5.92 Å². The lowest BCUT2D eigenvalue weighted by molar-refractivity contribution is 0.0695. The van der Waals surface area contributed by atoms with Crippen molar-refractivity contribution < 1.29 is 5.11 Å². The third kappa shape index (κ3) is 3.12. The molecule has 0 bridgehead atoms. The van der Waals surface area contributed by atoms with Crippen molar-refractivity contribution in [1.29, 1.82) is 0 Å². The highest BCUT2D eigenvalue weighted by molar-refractivity contribution is 4.95. The van der Waals surface area contributed by atoms with Crippen LogP contribution in [0.3, 0.4) is 0 Å². The molecular weight excluding hydrogens is 162 g/mol. The fourth-order valence-corrected chi connectivity index (χ4v) is 1.92. The summed E-state index contributed by atoms with van der Waals surface area (Å²) >= 11 is 0. The summed E-state index contributed by atoms with van der Waals surface area (Å²) < 4.78 is 0. The topological polar surface area (TPSA) is 23.5 Å². The fourth-order valence-electron chi connectivity index (χ4n) is 1.92. The zero-order chi connectivity index (χ0) is 9.68. The van der Waals surface area contributed by atoms with Crippen molar-refractivity contribution >= 4 is 0 Å². The van der Waals surface area contributed by atoms with Gasteiger partial charge in [-0.3, -0.25) is 4.90 Å². The SMILES string of the molecule is CCC(CC)C(O)CN1CC=CC1. The van der Waals surface area contributed by atoms with Gasteiger partial charge in [0.25, 0.3) is 0 Å². The van der Waals surface area contributed by atoms with Gasteiger partial charge in [-0.15, -0.1) is 0 Å². The van der Waals surface area contributed by atoms with Crippen LogP contribution >= 0.6 is 0 Å². The van der Waals surface area contributed by atoms with Crippen LogP contribution in [-0.4, -0.2) is 35.7 Å². The zero-order valence-corrected chi connectivity index (χ0v) is 8.74. The molecule has 0 saturated carbocycles. The van der Waals surface area contributed by atoms with Gasteiger partial charge in [0.15, 0.2) is 0 Å². The number of aliphatic hydroxyl groups is 1. The lowest BCUT2D eigenvalue weighted by atomic mass is 9.96. The molecule has 2 heteroatoms. The molecule has 0 spiro atoms. The summed E-state index contributed by atoms with van der Waals surface area (Å²) in [4.78, 5) is 2.28. The molecule has 76 valence electrons. The van der Waals surface area contributed by atoms with E-state index in [2.05, 4.69) is 30.9 Å². The second-order valence-corrected chi connectivity index (χ2v) is 3.83. The van der Waals surface area contributed by atoms with Gasteiger partial charge in [0, 0.05) is 19.6 Å². The minimum Gasteiger partial charge on any atom is -0.392 e. The van der Waals surface area contributed by atoms with Gasteiger partial charge in [0.1, 0.15) is 0 Å². The summed E-state index contributed by atoms with van der Waals surface area (Å²) in [6, 6.07) is 0. The average Bonchev–Trinajstić information content (AvgIpc) is 2.59. The first kappa shape index (κ1) is 10.7. The normalized spacial score (nSPS) is 20.0. The van der Waals surface area contributed by atoms with E-state index in [-0.39, 0.29) is 6.10 Å². The second-order valence-electron chi connectivity index (χ2n) is 3.83. The molecule has 1 heterocycles. The van der Waals surface area contributed by atoms with Crippen molar-refractivity contribution in [2.75, 3.05) is 19.6 Å². The van der Waals surface area contributed by atoms with Gasteiger partial charge in [-0.25, -0.2) is 0 Å². The Morgan fingerprint density at radius 1 is 1.23 bits per heavy atom. The maximum Gasteiger partial charge on any atom is 0.0695 e. The predicted molar refractivity (Wildman–Crippen MR) is 55.7 cm³/mol. The first-order valence-electron chi connectivity index (χ1n) is 5.33. The number of β-amino-alcohol motifs (C(OH)–C–C–N with tert-alkyl or cyclic N) is 1. The quantitative estimate of drug-likeness (QED) is 0.655. The maximum absolute atomic E-state index is 9.90. The smallest absolute Gasteiger partial charge is 0.0695 e. The van der Waals surface area contributed by atoms with Crippen molar-refractivity contribution in [2.45, 2.75) is 32.8 Å². The van der Waals surface area contributed by atoms with Crippen molar-refractivity contribution in [2.24, 2.45) is 5.92 Å². The zero-order valence-electron chi connectivity index (χ0n) is 8.74. The van der Waals surface area contributed by atoms with Crippen molar-refractivity contribution in [3.8, 4) is 0 Å². The molecule has 0 aromatic heterocycles. The van der Waals surface area contributed by atoms with Crippen LogP contribution in [0.25, 0.3) is 0 Å². The number of rotatable bonds is 5. The monoisotopic (exact) mass is 183 g/mol. The molecule has 0 aromatic carbocycles. The largest absolute Gasteiger partial charge is 0.392 e. The van der Waals surface area contributed by atoms with E-state index in [1.807, 2.05) is 0 Å². The average molecular weight is 183 g/mol. The van der Waals surface area contributed by atoms with Crippen LogP contribution in [0, 0.1) is 5.92 Å². The molecule has 1 N–H and O–H groups in total. The number of aliphatic hydroxyl groups excluding tert-OH is 1. The van der Waals surface area contributed by atoms with Crippen molar-refractivity contribution in [3.05, 3.63) is 12.2 Å². The molecular formula is C11H21NO. The van der Waals surface area contributed by atoms with Crippen LogP contribution in [0.1, 0.15) is 26.7 Å². The van der Waals surface area contributed by atoms with Gasteiger partial charge >= 0.3 is 0 Å². The molecule has 0 saturated heterocycles. The van der Waals surface area contributed by atoms with Crippen molar-refractivity contribution in [1.82, 2.24) is 4.90 Å². The van der Waals surface area contributed by atoms with Gasteiger partial charge in [0.05, 0.1) is 6.10 Å². The standard InChI is InChI=1S/C11H21NO/c1-3-10(4-2)11(13)9-12-7-5-6-8-12/h5-6,10-11,13H,3-4,7-9H2,1-2H3. The van der Waals surface area contributed by atoms with Crippen molar-refractivity contribution in [3.63, 3.8) is 0 Å². The molecule has 0 amide bonds. The molecule has 13 heavy (non-hydrogen) atoms. The fraction of sp³-hybridized carbons (Fsp3) is 0.818. The molecule has 0 radical (unpaired) electrons. The van der Waals surface area contributed by atoms with E-state index in [4.69, 9.17) is 0 Å². The van der Waals surface area contributed by atoms with Gasteiger partial charge in [-0.2, -0.15) is 0 Å². The molecule has 1 aliphatic heterocycles. The summed E-state index contributed by atoms with van der Waals surface area (Å²) in [6.07, 6.45) is 6.35. The Kier molecular flexibility index (Phi) is 4.46. The Morgan fingerprint density at radius 2 is 1.77 bits per heavy atom. The van der Waals surface area contributed by atoms with Gasteiger partial charge in [-0.05, 0) is 5.92 Å². The summed E-state index contributed by atoms with van der Waals surface area (Å²) in [5.41, 5.74) is 0. The summed E-state index contributed by atoms with van der Waals surface area (Å²) in [6.45, 7) is 7.16.